The molecule has 0 radical (unpaired) electrons. The number of hydrogen-bond acceptors (Lipinski definition) is 2. The van der Waals surface area contributed by atoms with E-state index in [1.807, 2.05) is 6.07 Å². The average Bonchev–Trinajstić information content (AvgIpc) is 2.81. The van der Waals surface area contributed by atoms with Gasteiger partial charge in [-0.05, 0) is 24.1 Å². The number of aromatic amines is 1. The van der Waals surface area contributed by atoms with Crippen molar-refractivity contribution in [2.24, 2.45) is 0 Å². The van der Waals surface area contributed by atoms with E-state index >= 15 is 0 Å². The van der Waals surface area contributed by atoms with E-state index in [0.717, 1.165) is 18.7 Å². The minimum atomic E-state index is 0.792. The summed E-state index contributed by atoms with van der Waals surface area (Å²) < 4.78 is 0. The molecule has 1 aromatic carbocycles. The Morgan fingerprint density at radius 3 is 2.88 bits per heavy atom. The third-order valence-electron chi connectivity index (χ3n) is 2.56. The van der Waals surface area contributed by atoms with Gasteiger partial charge in [0, 0.05) is 11.9 Å². The number of aromatic nitrogens is 2. The van der Waals surface area contributed by atoms with E-state index in [4.69, 9.17) is 0 Å². The third kappa shape index (κ3) is 2.63. The molecule has 0 unspecified atom stereocenters. The fraction of sp³-hybridized carbons (Fsp3) is 0.308. The van der Waals surface area contributed by atoms with Gasteiger partial charge < -0.3 is 5.32 Å². The first-order valence-electron chi connectivity index (χ1n) is 5.70. The SMILES string of the molecule is CCCc1ccccc1NCc1ccn[nH]1. The van der Waals surface area contributed by atoms with E-state index in [-0.39, 0.29) is 0 Å². The van der Waals surface area contributed by atoms with Crippen LogP contribution in [0.2, 0.25) is 0 Å². The number of nitrogens with one attached hydrogen (secondary N) is 2. The van der Waals surface area contributed by atoms with Crippen LogP contribution in [0.5, 0.6) is 0 Å². The van der Waals surface area contributed by atoms with Crippen LogP contribution in [0.4, 0.5) is 5.69 Å². The molecule has 0 bridgehead atoms. The molecule has 0 atom stereocenters. The van der Waals surface area contributed by atoms with Gasteiger partial charge in [-0.15, -0.1) is 0 Å². The Balaban J connectivity index is 2.03. The Bertz CT molecular complexity index is 421. The molecule has 0 fully saturated rings. The number of anilines is 1. The molecule has 0 amide bonds. The molecule has 1 aromatic heterocycles. The molecule has 0 saturated carbocycles. The Hall–Kier alpha value is -1.77. The molecule has 0 spiro atoms. The summed E-state index contributed by atoms with van der Waals surface area (Å²) in [6.45, 7) is 2.99. The maximum atomic E-state index is 3.93. The van der Waals surface area contributed by atoms with Crippen molar-refractivity contribution in [3.63, 3.8) is 0 Å². The van der Waals surface area contributed by atoms with Crippen LogP contribution in [-0.2, 0) is 13.0 Å². The zero-order chi connectivity index (χ0) is 11.2. The van der Waals surface area contributed by atoms with E-state index in [1.165, 1.54) is 17.7 Å². The van der Waals surface area contributed by atoms with Gasteiger partial charge in [-0.1, -0.05) is 31.5 Å². The predicted octanol–water partition coefficient (Wildman–Crippen LogP) is 2.97. The minimum absolute atomic E-state index is 0.792. The van der Waals surface area contributed by atoms with Crippen LogP contribution in [0.3, 0.4) is 0 Å². The van der Waals surface area contributed by atoms with Crippen LogP contribution in [0.15, 0.2) is 36.5 Å². The molecule has 2 N–H and O–H groups in total. The zero-order valence-electron chi connectivity index (χ0n) is 9.53. The van der Waals surface area contributed by atoms with Gasteiger partial charge in [-0.2, -0.15) is 5.10 Å². The highest BCUT2D eigenvalue weighted by atomic mass is 15.1. The fourth-order valence-electron chi connectivity index (χ4n) is 1.75. The van der Waals surface area contributed by atoms with Gasteiger partial charge in [0.15, 0.2) is 0 Å². The Morgan fingerprint density at radius 1 is 1.25 bits per heavy atom. The molecule has 2 rings (SSSR count). The lowest BCUT2D eigenvalue weighted by Gasteiger charge is -2.10. The molecule has 0 saturated heterocycles. The van der Waals surface area contributed by atoms with Gasteiger partial charge in [0.05, 0.1) is 12.2 Å². The lowest BCUT2D eigenvalue weighted by molar-refractivity contribution is 0.915. The number of hydrogen-bond donors (Lipinski definition) is 2. The number of aryl methyl sites for hydroxylation is 1. The van der Waals surface area contributed by atoms with Crippen molar-refractivity contribution >= 4 is 5.69 Å². The fourth-order valence-corrected chi connectivity index (χ4v) is 1.75. The molecule has 0 aliphatic heterocycles. The second-order valence-electron chi connectivity index (χ2n) is 3.84. The molecular formula is C13H17N3. The van der Waals surface area contributed by atoms with Gasteiger partial charge in [-0.3, -0.25) is 5.10 Å². The van der Waals surface area contributed by atoms with Crippen molar-refractivity contribution in [2.75, 3.05) is 5.32 Å². The van der Waals surface area contributed by atoms with Crippen LogP contribution in [-0.4, -0.2) is 10.2 Å². The first-order valence-corrected chi connectivity index (χ1v) is 5.70. The number of nitrogens with zero attached hydrogens (tertiary/aromatic N) is 1. The van der Waals surface area contributed by atoms with Gasteiger partial charge in [0.1, 0.15) is 0 Å². The summed E-state index contributed by atoms with van der Waals surface area (Å²) >= 11 is 0. The smallest absolute Gasteiger partial charge is 0.0567 e. The minimum Gasteiger partial charge on any atom is -0.379 e. The van der Waals surface area contributed by atoms with Gasteiger partial charge in [0.25, 0.3) is 0 Å². The Kier molecular flexibility index (Phi) is 3.59. The topological polar surface area (TPSA) is 40.7 Å². The molecule has 1 heterocycles. The monoisotopic (exact) mass is 215 g/mol. The number of H-pyrrole nitrogens is 1. The highest BCUT2D eigenvalue weighted by Gasteiger charge is 2.00. The van der Waals surface area contributed by atoms with Crippen molar-refractivity contribution in [1.82, 2.24) is 10.2 Å². The van der Waals surface area contributed by atoms with E-state index in [2.05, 4.69) is 46.7 Å². The summed E-state index contributed by atoms with van der Waals surface area (Å²) in [7, 11) is 0. The molecule has 0 aliphatic carbocycles. The first kappa shape index (κ1) is 10.7. The lowest BCUT2D eigenvalue weighted by Crippen LogP contribution is -2.02. The molecule has 84 valence electrons. The third-order valence-corrected chi connectivity index (χ3v) is 2.56. The molecule has 16 heavy (non-hydrogen) atoms. The molecule has 0 aliphatic rings. The maximum absolute atomic E-state index is 3.93. The average molecular weight is 215 g/mol. The summed E-state index contributed by atoms with van der Waals surface area (Å²) in [5.74, 6) is 0. The van der Waals surface area contributed by atoms with Crippen LogP contribution in [0, 0.1) is 0 Å². The van der Waals surface area contributed by atoms with Crippen molar-refractivity contribution in [3.05, 3.63) is 47.8 Å². The highest BCUT2D eigenvalue weighted by molar-refractivity contribution is 5.51. The molecular weight excluding hydrogens is 198 g/mol. The van der Waals surface area contributed by atoms with E-state index in [0.29, 0.717) is 0 Å². The van der Waals surface area contributed by atoms with Crippen LogP contribution < -0.4 is 5.32 Å². The summed E-state index contributed by atoms with van der Waals surface area (Å²) in [5.41, 5.74) is 3.70. The van der Waals surface area contributed by atoms with Crippen molar-refractivity contribution in [2.45, 2.75) is 26.3 Å². The Labute approximate surface area is 95.9 Å². The quantitative estimate of drug-likeness (QED) is 0.805. The molecule has 2 aromatic rings. The van der Waals surface area contributed by atoms with Crippen molar-refractivity contribution in [1.29, 1.82) is 0 Å². The van der Waals surface area contributed by atoms with Crippen LogP contribution in [0.1, 0.15) is 24.6 Å². The first-order chi connectivity index (χ1) is 7.90. The standard InChI is InChI=1S/C13H17N3/c1-2-5-11-6-3-4-7-13(11)14-10-12-8-9-15-16-12/h3-4,6-9,14H,2,5,10H2,1H3,(H,15,16). The maximum Gasteiger partial charge on any atom is 0.0567 e. The number of benzene rings is 1. The Morgan fingerprint density at radius 2 is 2.12 bits per heavy atom. The summed E-state index contributed by atoms with van der Waals surface area (Å²) in [6, 6.07) is 10.4. The molecule has 3 heteroatoms. The summed E-state index contributed by atoms with van der Waals surface area (Å²) in [5, 5.41) is 10.3. The zero-order valence-corrected chi connectivity index (χ0v) is 9.53. The van der Waals surface area contributed by atoms with Gasteiger partial charge in [-0.25, -0.2) is 0 Å². The van der Waals surface area contributed by atoms with Crippen molar-refractivity contribution in [3.8, 4) is 0 Å². The second kappa shape index (κ2) is 5.35. The van der Waals surface area contributed by atoms with Gasteiger partial charge >= 0.3 is 0 Å². The number of rotatable bonds is 5. The number of para-hydroxylation sites is 1. The normalized spacial score (nSPS) is 10.3. The highest BCUT2D eigenvalue weighted by Crippen LogP contribution is 2.17. The predicted molar refractivity (Wildman–Crippen MR) is 66.4 cm³/mol. The van der Waals surface area contributed by atoms with Gasteiger partial charge in [0.2, 0.25) is 0 Å². The summed E-state index contributed by atoms with van der Waals surface area (Å²) in [4.78, 5) is 0. The van der Waals surface area contributed by atoms with Crippen LogP contribution in [0.25, 0.3) is 0 Å². The molecule has 3 nitrogen and oxygen atoms in total. The van der Waals surface area contributed by atoms with E-state index < -0.39 is 0 Å². The van der Waals surface area contributed by atoms with Crippen LogP contribution >= 0.6 is 0 Å². The van der Waals surface area contributed by atoms with E-state index in [9.17, 15) is 0 Å². The largest absolute Gasteiger partial charge is 0.379 e. The van der Waals surface area contributed by atoms with Crippen molar-refractivity contribution < 1.29 is 0 Å². The lowest BCUT2D eigenvalue weighted by atomic mass is 10.1. The van der Waals surface area contributed by atoms with E-state index in [1.54, 1.807) is 6.20 Å². The summed E-state index contributed by atoms with van der Waals surface area (Å²) in [6.07, 6.45) is 4.06. The second-order valence-corrected chi connectivity index (χ2v) is 3.84.